The van der Waals surface area contributed by atoms with E-state index in [1.807, 2.05) is 6.92 Å². The molecule has 39 heavy (non-hydrogen) atoms. The molecule has 1 heterocycles. The molecular weight excluding hydrogens is 512 g/mol. The fourth-order valence-electron chi connectivity index (χ4n) is 4.37. The largest absolute Gasteiger partial charge is 0.420 e. The van der Waals surface area contributed by atoms with Gasteiger partial charge in [0.25, 0.3) is 0 Å². The van der Waals surface area contributed by atoms with Crippen LogP contribution in [-0.4, -0.2) is 17.7 Å². The molecule has 1 aliphatic rings. The van der Waals surface area contributed by atoms with Crippen LogP contribution in [0.25, 0.3) is 22.3 Å². The zero-order valence-electron chi connectivity index (χ0n) is 20.9. The topological polar surface area (TPSA) is 59.1 Å². The van der Waals surface area contributed by atoms with E-state index in [4.69, 9.17) is 9.47 Å². The van der Waals surface area contributed by atoms with Crippen molar-refractivity contribution in [3.05, 3.63) is 113 Å². The molecule has 1 fully saturated rings. The number of carbonyl (C=O) groups is 1. The van der Waals surface area contributed by atoms with Crippen LogP contribution in [0.5, 0.6) is 5.75 Å². The zero-order valence-corrected chi connectivity index (χ0v) is 20.9. The number of hydrogen-bond acceptors (Lipinski definition) is 4. The Labute approximate surface area is 222 Å². The second-order valence-corrected chi connectivity index (χ2v) is 9.28. The van der Waals surface area contributed by atoms with Gasteiger partial charge in [0, 0.05) is 16.7 Å². The van der Waals surface area contributed by atoms with Gasteiger partial charge in [-0.3, -0.25) is 0 Å². The number of aliphatic hydroxyl groups excluding tert-OH is 1. The van der Waals surface area contributed by atoms with Crippen LogP contribution in [0.4, 0.5) is 17.6 Å². The van der Waals surface area contributed by atoms with Crippen LogP contribution in [0.2, 0.25) is 0 Å². The third-order valence-electron chi connectivity index (χ3n) is 6.64. The Kier molecular flexibility index (Phi) is 7.50. The van der Waals surface area contributed by atoms with Crippen molar-refractivity contribution >= 4 is 5.97 Å². The van der Waals surface area contributed by atoms with E-state index in [0.717, 1.165) is 12.5 Å². The van der Waals surface area contributed by atoms with Crippen molar-refractivity contribution in [3.8, 4) is 28.0 Å². The van der Waals surface area contributed by atoms with Crippen molar-refractivity contribution < 1.29 is 36.9 Å². The number of hydrogen-bond donors (Lipinski definition) is 1. The SMILES string of the molecule is CCCC(O)c1ccc(-c2ccc(-c3ccc(C(=O)Oc4ccc(C5CO5)c(F)c4F)cc3)c(F)c2F)cc1. The van der Waals surface area contributed by atoms with Crippen LogP contribution in [-0.2, 0) is 4.74 Å². The van der Waals surface area contributed by atoms with Crippen molar-refractivity contribution in [2.24, 2.45) is 0 Å². The average molecular weight is 537 g/mol. The van der Waals surface area contributed by atoms with Gasteiger partial charge in [0.15, 0.2) is 23.2 Å². The number of benzene rings is 4. The molecule has 2 atom stereocenters. The zero-order chi connectivity index (χ0) is 27.7. The van der Waals surface area contributed by atoms with Crippen molar-refractivity contribution in [2.45, 2.75) is 32.0 Å². The van der Waals surface area contributed by atoms with E-state index < -0.39 is 47.2 Å². The summed E-state index contributed by atoms with van der Waals surface area (Å²) in [4.78, 5) is 12.5. The van der Waals surface area contributed by atoms with Crippen LogP contribution in [0, 0.1) is 23.3 Å². The third-order valence-corrected chi connectivity index (χ3v) is 6.64. The molecular formula is C31H24F4O4. The lowest BCUT2D eigenvalue weighted by Gasteiger charge is -2.12. The lowest BCUT2D eigenvalue weighted by atomic mass is 9.96. The summed E-state index contributed by atoms with van der Waals surface area (Å²) in [7, 11) is 0. The molecule has 0 saturated carbocycles. The van der Waals surface area contributed by atoms with Crippen LogP contribution in [0.3, 0.4) is 0 Å². The van der Waals surface area contributed by atoms with Crippen LogP contribution >= 0.6 is 0 Å². The normalized spacial score (nSPS) is 15.2. The maximum absolute atomic E-state index is 15.1. The van der Waals surface area contributed by atoms with Gasteiger partial charge in [-0.05, 0) is 47.4 Å². The van der Waals surface area contributed by atoms with Gasteiger partial charge in [-0.15, -0.1) is 0 Å². The fraction of sp³-hybridized carbons (Fsp3) is 0.194. The minimum Gasteiger partial charge on any atom is -0.420 e. The molecule has 8 heteroatoms. The molecule has 0 bridgehead atoms. The van der Waals surface area contributed by atoms with E-state index in [1.165, 1.54) is 42.5 Å². The first-order valence-electron chi connectivity index (χ1n) is 12.5. The van der Waals surface area contributed by atoms with E-state index in [-0.39, 0.29) is 22.3 Å². The first-order valence-corrected chi connectivity index (χ1v) is 12.5. The van der Waals surface area contributed by atoms with Crippen molar-refractivity contribution in [3.63, 3.8) is 0 Å². The van der Waals surface area contributed by atoms with Crippen molar-refractivity contribution in [1.82, 2.24) is 0 Å². The highest BCUT2D eigenvalue weighted by Gasteiger charge is 2.31. The molecule has 4 aromatic carbocycles. The van der Waals surface area contributed by atoms with Gasteiger partial charge in [0.1, 0.15) is 6.10 Å². The third kappa shape index (κ3) is 5.44. The summed E-state index contributed by atoms with van der Waals surface area (Å²) in [5.41, 5.74) is 1.59. The predicted molar refractivity (Wildman–Crippen MR) is 137 cm³/mol. The van der Waals surface area contributed by atoms with Gasteiger partial charge in [0.05, 0.1) is 18.3 Å². The Balaban J connectivity index is 1.32. The Bertz CT molecular complexity index is 1510. The van der Waals surface area contributed by atoms with Crippen molar-refractivity contribution in [1.29, 1.82) is 0 Å². The maximum Gasteiger partial charge on any atom is 0.343 e. The van der Waals surface area contributed by atoms with Gasteiger partial charge >= 0.3 is 5.97 Å². The maximum atomic E-state index is 15.1. The molecule has 0 aliphatic carbocycles. The van der Waals surface area contributed by atoms with Crippen LogP contribution < -0.4 is 4.74 Å². The monoisotopic (exact) mass is 536 g/mol. The first kappa shape index (κ1) is 26.6. The first-order chi connectivity index (χ1) is 18.8. The number of esters is 1. The predicted octanol–water partition coefficient (Wildman–Crippen LogP) is 7.70. The standard InChI is InChI=1S/C31H24F4O4/c1-2-3-24(36)19-8-4-17(5-9-19)21-12-13-22(28(33)27(21)32)18-6-10-20(11-7-18)31(37)39-25-15-14-23(26-16-38-26)29(34)30(25)35/h4-15,24,26,36H,2-3,16H2,1H3. The van der Waals surface area contributed by atoms with Gasteiger partial charge in [0.2, 0.25) is 5.82 Å². The van der Waals surface area contributed by atoms with E-state index in [2.05, 4.69) is 0 Å². The minimum atomic E-state index is -1.29. The highest BCUT2D eigenvalue weighted by atomic mass is 19.2. The second kappa shape index (κ2) is 11.0. The van der Waals surface area contributed by atoms with E-state index in [0.29, 0.717) is 29.7 Å². The summed E-state index contributed by atoms with van der Waals surface area (Å²) in [5, 5.41) is 10.1. The molecule has 4 nitrogen and oxygen atoms in total. The molecule has 4 aromatic rings. The van der Waals surface area contributed by atoms with Crippen LogP contribution in [0.15, 0.2) is 72.8 Å². The number of halogens is 4. The smallest absolute Gasteiger partial charge is 0.343 e. The fourth-order valence-corrected chi connectivity index (χ4v) is 4.37. The molecule has 200 valence electrons. The molecule has 2 unspecified atom stereocenters. The summed E-state index contributed by atoms with van der Waals surface area (Å²) in [6.07, 6.45) is 0.305. The molecule has 0 radical (unpaired) electrons. The molecule has 5 rings (SSSR count). The Morgan fingerprint density at radius 1 is 0.846 bits per heavy atom. The van der Waals surface area contributed by atoms with E-state index in [9.17, 15) is 18.7 Å². The van der Waals surface area contributed by atoms with Gasteiger partial charge in [-0.25, -0.2) is 18.0 Å². The summed E-state index contributed by atoms with van der Waals surface area (Å²) in [6.45, 7) is 2.26. The molecule has 0 spiro atoms. The summed E-state index contributed by atoms with van der Waals surface area (Å²) < 4.78 is 68.6. The van der Waals surface area contributed by atoms with Crippen LogP contribution in [0.1, 0.15) is 53.5 Å². The molecule has 0 amide bonds. The lowest BCUT2D eigenvalue weighted by Crippen LogP contribution is -2.10. The summed E-state index contributed by atoms with van der Waals surface area (Å²) in [5.74, 6) is -6.03. The number of ether oxygens (including phenoxy) is 2. The quantitative estimate of drug-likeness (QED) is 0.109. The minimum absolute atomic E-state index is 0.0102. The molecule has 1 saturated heterocycles. The Morgan fingerprint density at radius 3 is 1.95 bits per heavy atom. The lowest BCUT2D eigenvalue weighted by molar-refractivity contribution is 0.0726. The number of epoxide rings is 1. The molecule has 1 aliphatic heterocycles. The highest BCUT2D eigenvalue weighted by Crippen LogP contribution is 2.36. The van der Waals surface area contributed by atoms with Gasteiger partial charge < -0.3 is 14.6 Å². The highest BCUT2D eigenvalue weighted by molar-refractivity contribution is 5.91. The van der Waals surface area contributed by atoms with Gasteiger partial charge in [-0.1, -0.05) is 61.9 Å². The Morgan fingerprint density at radius 2 is 1.41 bits per heavy atom. The van der Waals surface area contributed by atoms with Crippen molar-refractivity contribution in [2.75, 3.05) is 6.61 Å². The second-order valence-electron chi connectivity index (χ2n) is 9.28. The summed E-state index contributed by atoms with van der Waals surface area (Å²) >= 11 is 0. The summed E-state index contributed by atoms with van der Waals surface area (Å²) in [6, 6.07) is 17.4. The number of aliphatic hydroxyl groups is 1. The average Bonchev–Trinajstić information content (AvgIpc) is 3.79. The van der Waals surface area contributed by atoms with Gasteiger partial charge in [-0.2, -0.15) is 4.39 Å². The number of carbonyl (C=O) groups excluding carboxylic acids is 1. The van der Waals surface area contributed by atoms with E-state index >= 15 is 8.78 Å². The number of rotatable bonds is 8. The molecule has 0 aromatic heterocycles. The Hall–Kier alpha value is -4.01. The van der Waals surface area contributed by atoms with E-state index in [1.54, 1.807) is 24.3 Å². The molecule has 1 N–H and O–H groups in total.